The number of alkyl carbamates (subject to hydrolysis) is 1. The van der Waals surface area contributed by atoms with Gasteiger partial charge in [0.05, 0.1) is 13.1 Å². The summed E-state index contributed by atoms with van der Waals surface area (Å²) in [5, 5.41) is 2.95. The van der Waals surface area contributed by atoms with Crippen molar-refractivity contribution in [1.82, 2.24) is 10.2 Å². The van der Waals surface area contributed by atoms with Crippen molar-refractivity contribution < 1.29 is 38.1 Å². The highest BCUT2D eigenvalue weighted by Gasteiger charge is 2.35. The highest BCUT2D eigenvalue weighted by molar-refractivity contribution is 5.80. The van der Waals surface area contributed by atoms with Crippen molar-refractivity contribution in [1.29, 1.82) is 0 Å². The number of hydrogen-bond donors (Lipinski definition) is 1. The van der Waals surface area contributed by atoms with E-state index in [-0.39, 0.29) is 44.9 Å². The quantitative estimate of drug-likeness (QED) is 0.145. The van der Waals surface area contributed by atoms with E-state index in [2.05, 4.69) is 5.32 Å². The Balaban J connectivity index is 1.48. The van der Waals surface area contributed by atoms with Gasteiger partial charge in [0.1, 0.15) is 31.5 Å². The summed E-state index contributed by atoms with van der Waals surface area (Å²) in [7, 11) is 0. The lowest BCUT2D eigenvalue weighted by Gasteiger charge is -2.34. The first-order valence-electron chi connectivity index (χ1n) is 16.9. The molecule has 1 unspecified atom stereocenters. The van der Waals surface area contributed by atoms with Crippen LogP contribution in [0.3, 0.4) is 0 Å². The predicted molar refractivity (Wildman–Crippen MR) is 184 cm³/mol. The molecule has 0 aromatic heterocycles. The van der Waals surface area contributed by atoms with Gasteiger partial charge >= 0.3 is 24.0 Å². The number of carbonyl (C=O) groups excluding carboxylic acids is 4. The summed E-state index contributed by atoms with van der Waals surface area (Å²) in [6.07, 6.45) is 2.76. The molecular formula is C39H48N2O8. The lowest BCUT2D eigenvalue weighted by atomic mass is 9.82. The molecular weight excluding hydrogens is 624 g/mol. The molecule has 1 N–H and O–H groups in total. The minimum Gasteiger partial charge on any atom is -0.460 e. The van der Waals surface area contributed by atoms with Gasteiger partial charge in [-0.05, 0) is 75.5 Å². The van der Waals surface area contributed by atoms with Gasteiger partial charge < -0.3 is 24.3 Å². The van der Waals surface area contributed by atoms with Crippen LogP contribution >= 0.6 is 0 Å². The van der Waals surface area contributed by atoms with Crippen LogP contribution in [-0.2, 0) is 53.2 Å². The van der Waals surface area contributed by atoms with Gasteiger partial charge in [0.25, 0.3) is 0 Å². The molecule has 262 valence electrons. The number of ether oxygens (including phenoxy) is 4. The third kappa shape index (κ3) is 13.7. The Morgan fingerprint density at radius 2 is 1.10 bits per heavy atom. The molecule has 0 radical (unpaired) electrons. The Labute approximate surface area is 289 Å². The zero-order chi connectivity index (χ0) is 35.1. The average Bonchev–Trinajstić information content (AvgIpc) is 3.09. The Kier molecular flexibility index (Phi) is 14.2. The van der Waals surface area contributed by atoms with Crippen LogP contribution in [0.5, 0.6) is 0 Å². The topological polar surface area (TPSA) is 120 Å². The molecule has 49 heavy (non-hydrogen) atoms. The lowest BCUT2D eigenvalue weighted by Crippen LogP contribution is -2.49. The standard InChI is InChI=1S/C39H48N2O8/c1-39(2,3)49-38(45)40-33-21-19-29(20-22-33)23-34(37(44)48-28-32-17-11-6-12-18-32)41(24-35(42)46-26-30-13-7-4-8-14-30)25-36(43)47-27-31-15-9-5-10-16-31/h4-18,29,33-34H,19-28H2,1-3H3,(H,40,45). The summed E-state index contributed by atoms with van der Waals surface area (Å²) in [5.74, 6) is -1.62. The van der Waals surface area contributed by atoms with E-state index in [0.29, 0.717) is 19.3 Å². The molecule has 1 fully saturated rings. The number of amides is 1. The van der Waals surface area contributed by atoms with E-state index >= 15 is 0 Å². The summed E-state index contributed by atoms with van der Waals surface area (Å²) in [4.78, 5) is 54.1. The molecule has 1 amide bonds. The fourth-order valence-electron chi connectivity index (χ4n) is 5.73. The second kappa shape index (κ2) is 18.7. The summed E-state index contributed by atoms with van der Waals surface area (Å²) in [6.45, 7) is 5.01. The zero-order valence-corrected chi connectivity index (χ0v) is 28.7. The van der Waals surface area contributed by atoms with Gasteiger partial charge in [-0.3, -0.25) is 19.3 Å². The van der Waals surface area contributed by atoms with E-state index in [1.54, 1.807) is 0 Å². The van der Waals surface area contributed by atoms with Crippen LogP contribution in [0.15, 0.2) is 91.0 Å². The molecule has 0 spiro atoms. The molecule has 1 aliphatic carbocycles. The number of nitrogens with zero attached hydrogens (tertiary/aromatic N) is 1. The van der Waals surface area contributed by atoms with Crippen molar-refractivity contribution in [3.8, 4) is 0 Å². The van der Waals surface area contributed by atoms with Crippen molar-refractivity contribution >= 4 is 24.0 Å². The van der Waals surface area contributed by atoms with Crippen LogP contribution in [0, 0.1) is 5.92 Å². The fourth-order valence-corrected chi connectivity index (χ4v) is 5.73. The second-order valence-corrected chi connectivity index (χ2v) is 13.4. The van der Waals surface area contributed by atoms with Crippen LogP contribution in [-0.4, -0.2) is 59.7 Å². The summed E-state index contributed by atoms with van der Waals surface area (Å²) in [6, 6.07) is 26.9. The molecule has 10 nitrogen and oxygen atoms in total. The summed E-state index contributed by atoms with van der Waals surface area (Å²) < 4.78 is 22.4. The number of benzene rings is 3. The Morgan fingerprint density at radius 3 is 1.53 bits per heavy atom. The van der Waals surface area contributed by atoms with Crippen molar-refractivity contribution in [2.24, 2.45) is 5.92 Å². The van der Waals surface area contributed by atoms with Crippen LogP contribution in [0.2, 0.25) is 0 Å². The summed E-state index contributed by atoms with van der Waals surface area (Å²) in [5.41, 5.74) is 1.86. The van der Waals surface area contributed by atoms with E-state index in [1.165, 1.54) is 4.90 Å². The third-order valence-electron chi connectivity index (χ3n) is 8.21. The normalized spacial score (nSPS) is 16.7. The molecule has 0 aliphatic heterocycles. The fraction of sp³-hybridized carbons (Fsp3) is 0.436. The predicted octanol–water partition coefficient (Wildman–Crippen LogP) is 6.36. The zero-order valence-electron chi connectivity index (χ0n) is 28.7. The maximum absolute atomic E-state index is 13.9. The summed E-state index contributed by atoms with van der Waals surface area (Å²) >= 11 is 0. The molecule has 1 aliphatic rings. The SMILES string of the molecule is CC(C)(C)OC(=O)NC1CCC(CC(C(=O)OCc2ccccc2)N(CC(=O)OCc2ccccc2)CC(=O)OCc2ccccc2)CC1. The number of esters is 3. The van der Waals surface area contributed by atoms with Crippen LogP contribution in [0.1, 0.15) is 69.6 Å². The first-order valence-corrected chi connectivity index (χ1v) is 16.9. The molecule has 0 bridgehead atoms. The van der Waals surface area contributed by atoms with Crippen molar-refractivity contribution in [2.45, 2.75) is 90.4 Å². The third-order valence-corrected chi connectivity index (χ3v) is 8.21. The van der Waals surface area contributed by atoms with Crippen molar-refractivity contribution in [3.05, 3.63) is 108 Å². The molecule has 0 saturated heterocycles. The van der Waals surface area contributed by atoms with Gasteiger partial charge in [0.15, 0.2) is 0 Å². The average molecular weight is 673 g/mol. The van der Waals surface area contributed by atoms with E-state index in [4.69, 9.17) is 18.9 Å². The molecule has 10 heteroatoms. The number of rotatable bonds is 15. The second-order valence-electron chi connectivity index (χ2n) is 13.4. The Bertz CT molecular complexity index is 1410. The maximum atomic E-state index is 13.9. The number of hydrogen-bond acceptors (Lipinski definition) is 9. The monoisotopic (exact) mass is 672 g/mol. The van der Waals surface area contributed by atoms with Gasteiger partial charge in [-0.25, -0.2) is 4.79 Å². The molecule has 4 rings (SSSR count). The van der Waals surface area contributed by atoms with E-state index < -0.39 is 35.6 Å². The van der Waals surface area contributed by atoms with Gasteiger partial charge in [0, 0.05) is 6.04 Å². The first-order chi connectivity index (χ1) is 23.5. The smallest absolute Gasteiger partial charge is 0.407 e. The molecule has 3 aromatic carbocycles. The van der Waals surface area contributed by atoms with Gasteiger partial charge in [-0.15, -0.1) is 0 Å². The van der Waals surface area contributed by atoms with Gasteiger partial charge in [-0.1, -0.05) is 91.0 Å². The minimum atomic E-state index is -0.919. The highest BCUT2D eigenvalue weighted by atomic mass is 16.6. The van der Waals surface area contributed by atoms with Crippen LogP contribution in [0.25, 0.3) is 0 Å². The number of nitrogens with one attached hydrogen (secondary N) is 1. The van der Waals surface area contributed by atoms with Crippen molar-refractivity contribution in [3.63, 3.8) is 0 Å². The minimum absolute atomic E-state index is 0.0491. The largest absolute Gasteiger partial charge is 0.460 e. The molecule has 0 heterocycles. The van der Waals surface area contributed by atoms with Gasteiger partial charge in [0.2, 0.25) is 0 Å². The van der Waals surface area contributed by atoms with Gasteiger partial charge in [-0.2, -0.15) is 0 Å². The lowest BCUT2D eigenvalue weighted by molar-refractivity contribution is -0.158. The highest BCUT2D eigenvalue weighted by Crippen LogP contribution is 2.30. The van der Waals surface area contributed by atoms with E-state index in [9.17, 15) is 19.2 Å². The van der Waals surface area contributed by atoms with Crippen LogP contribution in [0.4, 0.5) is 4.79 Å². The number of carbonyl (C=O) groups is 4. The maximum Gasteiger partial charge on any atom is 0.407 e. The first kappa shape index (κ1) is 37.1. The molecule has 3 aromatic rings. The Hall–Kier alpha value is -4.70. The van der Waals surface area contributed by atoms with Crippen molar-refractivity contribution in [2.75, 3.05) is 13.1 Å². The molecule has 1 atom stereocenters. The van der Waals surface area contributed by atoms with E-state index in [1.807, 2.05) is 112 Å². The Morgan fingerprint density at radius 1 is 0.673 bits per heavy atom. The molecule has 1 saturated carbocycles. The van der Waals surface area contributed by atoms with Crippen LogP contribution < -0.4 is 5.32 Å². The van der Waals surface area contributed by atoms with E-state index in [0.717, 1.165) is 29.5 Å².